The summed E-state index contributed by atoms with van der Waals surface area (Å²) in [7, 11) is -3.76. The van der Waals surface area contributed by atoms with Crippen molar-refractivity contribution >= 4 is 32.2 Å². The van der Waals surface area contributed by atoms with Gasteiger partial charge in [0.1, 0.15) is 0 Å². The van der Waals surface area contributed by atoms with Gasteiger partial charge in [-0.1, -0.05) is 12.1 Å². The lowest BCUT2D eigenvalue weighted by Crippen LogP contribution is -2.14. The summed E-state index contributed by atoms with van der Waals surface area (Å²) in [5.74, 6) is 0. The van der Waals surface area contributed by atoms with Crippen LogP contribution in [0.2, 0.25) is 0 Å². The second-order valence-corrected chi connectivity index (χ2v) is 8.70. The van der Waals surface area contributed by atoms with Crippen molar-refractivity contribution in [3.63, 3.8) is 0 Å². The number of anilines is 2. The van der Waals surface area contributed by atoms with Crippen molar-refractivity contribution in [1.29, 1.82) is 0 Å². The molecule has 2 aromatic carbocycles. The third-order valence-electron chi connectivity index (χ3n) is 4.07. The van der Waals surface area contributed by atoms with Gasteiger partial charge in [0.25, 0.3) is 0 Å². The predicted molar refractivity (Wildman–Crippen MR) is 105 cm³/mol. The fourth-order valence-electron chi connectivity index (χ4n) is 2.55. The first kappa shape index (κ1) is 21.2. The van der Waals surface area contributed by atoms with Crippen LogP contribution in [0.5, 0.6) is 0 Å². The fourth-order valence-corrected chi connectivity index (χ4v) is 3.86. The summed E-state index contributed by atoms with van der Waals surface area (Å²) < 4.78 is 60.5. The van der Waals surface area contributed by atoms with Gasteiger partial charge in [0.05, 0.1) is 22.2 Å². The van der Waals surface area contributed by atoms with Crippen LogP contribution in [-0.4, -0.2) is 13.4 Å². The standard InChI is InChI=1S/C18H17F3N4O2S2/c19-18(20,21)12-3-1-11(2-4-12)9-15(22)16-10-28-17(25-16)24-13-5-7-14(8-6-13)29(23,26)27/h1-8,10,15H,9,22H2,(H,24,25)(H2,23,26,27). The summed E-state index contributed by atoms with van der Waals surface area (Å²) in [6, 6.07) is 10.3. The molecule has 3 rings (SSSR count). The summed E-state index contributed by atoms with van der Waals surface area (Å²) in [6.07, 6.45) is -4.03. The van der Waals surface area contributed by atoms with E-state index in [1.54, 1.807) is 17.5 Å². The number of nitrogens with zero attached hydrogens (tertiary/aromatic N) is 1. The second kappa shape index (κ2) is 8.11. The van der Waals surface area contributed by atoms with E-state index >= 15 is 0 Å². The second-order valence-electron chi connectivity index (χ2n) is 6.28. The Hall–Kier alpha value is -2.47. The molecule has 1 unspecified atom stereocenters. The highest BCUT2D eigenvalue weighted by atomic mass is 32.2. The van der Waals surface area contributed by atoms with Gasteiger partial charge < -0.3 is 11.1 Å². The molecule has 1 heterocycles. The number of nitrogens with one attached hydrogen (secondary N) is 1. The number of sulfonamides is 1. The molecule has 11 heteroatoms. The highest BCUT2D eigenvalue weighted by Crippen LogP contribution is 2.30. The van der Waals surface area contributed by atoms with Crippen LogP contribution in [0, 0.1) is 0 Å². The van der Waals surface area contributed by atoms with Crippen molar-refractivity contribution in [1.82, 2.24) is 4.98 Å². The van der Waals surface area contributed by atoms with E-state index in [0.717, 1.165) is 12.1 Å². The smallest absolute Gasteiger partial charge is 0.332 e. The lowest BCUT2D eigenvalue weighted by Gasteiger charge is -2.11. The van der Waals surface area contributed by atoms with Gasteiger partial charge in [0, 0.05) is 11.1 Å². The first-order chi connectivity index (χ1) is 13.5. The van der Waals surface area contributed by atoms with E-state index in [-0.39, 0.29) is 4.90 Å². The van der Waals surface area contributed by atoms with Crippen LogP contribution in [0.1, 0.15) is 22.9 Å². The van der Waals surface area contributed by atoms with Crippen LogP contribution in [-0.2, 0) is 22.6 Å². The molecule has 1 aromatic heterocycles. The quantitative estimate of drug-likeness (QED) is 0.538. The van der Waals surface area contributed by atoms with Crippen molar-refractivity contribution in [2.45, 2.75) is 23.5 Å². The molecule has 0 bridgehead atoms. The third-order valence-corrected chi connectivity index (χ3v) is 5.78. The summed E-state index contributed by atoms with van der Waals surface area (Å²) in [6.45, 7) is 0. The van der Waals surface area contributed by atoms with E-state index in [4.69, 9.17) is 10.9 Å². The van der Waals surface area contributed by atoms with Crippen LogP contribution in [0.4, 0.5) is 24.0 Å². The van der Waals surface area contributed by atoms with Crippen LogP contribution in [0.15, 0.2) is 58.8 Å². The van der Waals surface area contributed by atoms with Crippen molar-refractivity contribution in [2.75, 3.05) is 5.32 Å². The van der Waals surface area contributed by atoms with Gasteiger partial charge >= 0.3 is 6.18 Å². The molecule has 0 fully saturated rings. The van der Waals surface area contributed by atoms with Gasteiger partial charge in [-0.05, 0) is 48.4 Å². The van der Waals surface area contributed by atoms with Gasteiger partial charge in [0.15, 0.2) is 5.13 Å². The number of alkyl halides is 3. The van der Waals surface area contributed by atoms with Gasteiger partial charge in [-0.25, -0.2) is 18.5 Å². The molecular weight excluding hydrogens is 425 g/mol. The zero-order chi connectivity index (χ0) is 21.2. The maximum Gasteiger partial charge on any atom is 0.416 e. The number of hydrogen-bond acceptors (Lipinski definition) is 6. The third kappa shape index (κ3) is 5.54. The number of nitrogens with two attached hydrogens (primary N) is 2. The van der Waals surface area contributed by atoms with Gasteiger partial charge in [-0.2, -0.15) is 13.2 Å². The molecule has 3 aromatic rings. The lowest BCUT2D eigenvalue weighted by atomic mass is 10.0. The zero-order valence-electron chi connectivity index (χ0n) is 14.8. The Bertz CT molecular complexity index is 1080. The maximum absolute atomic E-state index is 12.6. The summed E-state index contributed by atoms with van der Waals surface area (Å²) in [4.78, 5) is 4.39. The van der Waals surface area contributed by atoms with E-state index in [2.05, 4.69) is 10.3 Å². The highest BCUT2D eigenvalue weighted by molar-refractivity contribution is 7.89. The van der Waals surface area contributed by atoms with Crippen LogP contribution < -0.4 is 16.2 Å². The molecule has 0 aliphatic rings. The van der Waals surface area contributed by atoms with Crippen molar-refractivity contribution < 1.29 is 21.6 Å². The molecule has 0 aliphatic carbocycles. The number of thiazole rings is 1. The zero-order valence-corrected chi connectivity index (χ0v) is 16.5. The molecule has 0 saturated heterocycles. The maximum atomic E-state index is 12.6. The summed E-state index contributed by atoms with van der Waals surface area (Å²) in [5.41, 5.74) is 7.32. The lowest BCUT2D eigenvalue weighted by molar-refractivity contribution is -0.137. The molecular formula is C18H17F3N4O2S2. The number of benzene rings is 2. The number of halogens is 3. The number of hydrogen-bond donors (Lipinski definition) is 3. The van der Waals surface area contributed by atoms with Crippen molar-refractivity contribution in [2.24, 2.45) is 10.9 Å². The minimum atomic E-state index is -4.37. The molecule has 0 aliphatic heterocycles. The Labute approximate surface area is 169 Å². The van der Waals surface area contributed by atoms with Crippen molar-refractivity contribution in [3.05, 3.63) is 70.7 Å². The van der Waals surface area contributed by atoms with Crippen LogP contribution in [0.3, 0.4) is 0 Å². The minimum absolute atomic E-state index is 0.00133. The topological polar surface area (TPSA) is 111 Å². The molecule has 0 saturated carbocycles. The average Bonchev–Trinajstić information content (AvgIpc) is 3.10. The van der Waals surface area contributed by atoms with Gasteiger partial charge in [0.2, 0.25) is 10.0 Å². The fraction of sp³-hybridized carbons (Fsp3) is 0.167. The molecule has 29 heavy (non-hydrogen) atoms. The Kier molecular flexibility index (Phi) is 5.94. The van der Waals surface area contributed by atoms with Crippen LogP contribution in [0.25, 0.3) is 0 Å². The Morgan fingerprint density at radius 1 is 1.07 bits per heavy atom. The highest BCUT2D eigenvalue weighted by Gasteiger charge is 2.30. The van der Waals surface area contributed by atoms with Crippen molar-refractivity contribution in [3.8, 4) is 0 Å². The molecule has 6 nitrogen and oxygen atoms in total. The molecule has 154 valence electrons. The number of rotatable bonds is 6. The average molecular weight is 442 g/mol. The van der Waals surface area contributed by atoms with E-state index in [0.29, 0.717) is 28.5 Å². The van der Waals surface area contributed by atoms with Crippen LogP contribution >= 0.6 is 11.3 Å². The number of primary sulfonamides is 1. The molecule has 0 spiro atoms. The Morgan fingerprint density at radius 3 is 2.24 bits per heavy atom. The molecule has 0 amide bonds. The van der Waals surface area contributed by atoms with E-state index < -0.39 is 27.8 Å². The normalized spacial score (nSPS) is 13.3. The monoisotopic (exact) mass is 442 g/mol. The SMILES string of the molecule is NC(Cc1ccc(C(F)(F)F)cc1)c1csc(Nc2ccc(S(N)(=O)=O)cc2)n1. The summed E-state index contributed by atoms with van der Waals surface area (Å²) >= 11 is 1.30. The largest absolute Gasteiger partial charge is 0.416 e. The minimum Gasteiger partial charge on any atom is -0.332 e. The van der Waals surface area contributed by atoms with E-state index in [1.807, 2.05) is 0 Å². The van der Waals surface area contributed by atoms with E-state index in [1.165, 1.54) is 35.6 Å². The first-order valence-electron chi connectivity index (χ1n) is 8.29. The van der Waals surface area contributed by atoms with Gasteiger partial charge in [-0.15, -0.1) is 11.3 Å². The number of aromatic nitrogens is 1. The van der Waals surface area contributed by atoms with Gasteiger partial charge in [-0.3, -0.25) is 0 Å². The Morgan fingerprint density at radius 2 is 1.69 bits per heavy atom. The molecule has 1 atom stereocenters. The molecule has 5 N–H and O–H groups in total. The molecule has 0 radical (unpaired) electrons. The summed E-state index contributed by atoms with van der Waals surface area (Å²) in [5, 5.41) is 10.4. The van der Waals surface area contributed by atoms with E-state index in [9.17, 15) is 21.6 Å². The Balaban J connectivity index is 1.64. The first-order valence-corrected chi connectivity index (χ1v) is 10.7. The predicted octanol–water partition coefficient (Wildman–Crippen LogP) is 3.80.